The number of rotatable bonds is 4. The zero-order valence-electron chi connectivity index (χ0n) is 14.9. The lowest BCUT2D eigenvalue weighted by Crippen LogP contribution is -2.60. The van der Waals surface area contributed by atoms with E-state index in [1.54, 1.807) is 0 Å². The Kier molecular flexibility index (Phi) is 4.60. The van der Waals surface area contributed by atoms with Crippen molar-refractivity contribution < 1.29 is 30.7 Å². The molecule has 0 saturated carbocycles. The smallest absolute Gasteiger partial charge is 0.369 e. The maximum atomic E-state index is 13.2. The molecule has 6 nitrogen and oxygen atoms in total. The zero-order valence-corrected chi connectivity index (χ0v) is 14.9. The lowest BCUT2D eigenvalue weighted by molar-refractivity contribution is -0.142. The fourth-order valence-corrected chi connectivity index (χ4v) is 3.16. The number of halogens is 7. The molecule has 0 aliphatic carbocycles. The third kappa shape index (κ3) is 3.64. The van der Waals surface area contributed by atoms with Crippen LogP contribution in [-0.4, -0.2) is 39.2 Å². The minimum atomic E-state index is -4.87. The van der Waals surface area contributed by atoms with Crippen molar-refractivity contribution in [2.24, 2.45) is 0 Å². The van der Waals surface area contributed by atoms with Crippen LogP contribution in [0.25, 0.3) is 5.65 Å². The van der Waals surface area contributed by atoms with E-state index in [-0.39, 0.29) is 12.4 Å². The summed E-state index contributed by atoms with van der Waals surface area (Å²) in [6.45, 7) is 0.814. The van der Waals surface area contributed by atoms with Crippen molar-refractivity contribution in [3.05, 3.63) is 53.4 Å². The molecule has 0 amide bonds. The van der Waals surface area contributed by atoms with Gasteiger partial charge in [-0.3, -0.25) is 4.98 Å². The number of fused-ring (bicyclic) bond motifs is 1. The number of aromatic nitrogens is 4. The van der Waals surface area contributed by atoms with Crippen molar-refractivity contribution in [2.45, 2.75) is 17.8 Å². The monoisotopic (exact) mass is 434 g/mol. The van der Waals surface area contributed by atoms with E-state index in [0.717, 1.165) is 6.20 Å². The van der Waals surface area contributed by atoms with E-state index in [4.69, 9.17) is 0 Å². The molecule has 0 unspecified atom stereocenters. The predicted molar refractivity (Wildman–Crippen MR) is 90.2 cm³/mol. The van der Waals surface area contributed by atoms with Crippen LogP contribution in [0, 0.1) is 5.82 Å². The molecule has 0 spiro atoms. The van der Waals surface area contributed by atoms with E-state index < -0.39 is 40.6 Å². The SMILES string of the molecule is Fc1ccc(C2(CNc3cc(C(F)(F)F)nc4cc(C(F)(F)F)nn34)CNC2)nc1. The number of alkyl halides is 6. The Morgan fingerprint density at radius 1 is 1.03 bits per heavy atom. The largest absolute Gasteiger partial charge is 0.435 e. The maximum absolute atomic E-state index is 13.2. The van der Waals surface area contributed by atoms with E-state index in [0.29, 0.717) is 35.4 Å². The van der Waals surface area contributed by atoms with Crippen molar-refractivity contribution in [3.8, 4) is 0 Å². The summed E-state index contributed by atoms with van der Waals surface area (Å²) < 4.78 is 92.4. The molecule has 3 aromatic rings. The molecule has 13 heteroatoms. The van der Waals surface area contributed by atoms with E-state index >= 15 is 0 Å². The van der Waals surface area contributed by atoms with Crippen LogP contribution in [0.4, 0.5) is 36.6 Å². The first-order chi connectivity index (χ1) is 14.0. The molecule has 1 aliphatic rings. The quantitative estimate of drug-likeness (QED) is 0.618. The molecule has 0 radical (unpaired) electrons. The van der Waals surface area contributed by atoms with Gasteiger partial charge in [-0.25, -0.2) is 9.37 Å². The molecule has 0 bridgehead atoms. The number of hydrogen-bond acceptors (Lipinski definition) is 5. The summed E-state index contributed by atoms with van der Waals surface area (Å²) in [5.74, 6) is -0.854. The second-order valence-corrected chi connectivity index (χ2v) is 6.92. The van der Waals surface area contributed by atoms with Gasteiger partial charge in [0.25, 0.3) is 0 Å². The van der Waals surface area contributed by atoms with E-state index in [9.17, 15) is 30.7 Å². The van der Waals surface area contributed by atoms with Gasteiger partial charge in [-0.05, 0) is 12.1 Å². The van der Waals surface area contributed by atoms with Crippen molar-refractivity contribution in [1.82, 2.24) is 24.9 Å². The maximum Gasteiger partial charge on any atom is 0.435 e. The Labute approximate surface area is 164 Å². The Morgan fingerprint density at radius 3 is 2.27 bits per heavy atom. The molecule has 2 N–H and O–H groups in total. The highest BCUT2D eigenvalue weighted by Gasteiger charge is 2.41. The highest BCUT2D eigenvalue weighted by molar-refractivity contribution is 5.52. The van der Waals surface area contributed by atoms with Gasteiger partial charge in [0.2, 0.25) is 0 Å². The van der Waals surface area contributed by atoms with Gasteiger partial charge in [-0.1, -0.05) is 0 Å². The van der Waals surface area contributed by atoms with Crippen molar-refractivity contribution in [2.75, 3.05) is 25.0 Å². The molecule has 160 valence electrons. The van der Waals surface area contributed by atoms with E-state index in [2.05, 4.69) is 25.7 Å². The van der Waals surface area contributed by atoms with Crippen molar-refractivity contribution in [1.29, 1.82) is 0 Å². The van der Waals surface area contributed by atoms with Gasteiger partial charge in [0.05, 0.1) is 17.3 Å². The third-order valence-electron chi connectivity index (χ3n) is 4.81. The average Bonchev–Trinajstić information content (AvgIpc) is 3.06. The van der Waals surface area contributed by atoms with Gasteiger partial charge in [0.1, 0.15) is 11.6 Å². The van der Waals surface area contributed by atoms with Crippen LogP contribution in [0.5, 0.6) is 0 Å². The van der Waals surface area contributed by atoms with Gasteiger partial charge in [0, 0.05) is 31.8 Å². The normalized spacial score (nSPS) is 16.5. The molecule has 0 aromatic carbocycles. The van der Waals surface area contributed by atoms with Crippen LogP contribution in [0.3, 0.4) is 0 Å². The number of anilines is 1. The Balaban J connectivity index is 1.72. The molecule has 1 fully saturated rings. The molecular weight excluding hydrogens is 421 g/mol. The lowest BCUT2D eigenvalue weighted by atomic mass is 9.78. The first-order valence-electron chi connectivity index (χ1n) is 8.60. The highest BCUT2D eigenvalue weighted by Crippen LogP contribution is 2.34. The fraction of sp³-hybridized carbons (Fsp3) is 0.353. The van der Waals surface area contributed by atoms with Gasteiger partial charge >= 0.3 is 12.4 Å². The van der Waals surface area contributed by atoms with Gasteiger partial charge < -0.3 is 10.6 Å². The van der Waals surface area contributed by atoms with Gasteiger partial charge in [-0.2, -0.15) is 36.0 Å². The third-order valence-corrected chi connectivity index (χ3v) is 4.81. The molecule has 4 heterocycles. The number of nitrogens with zero attached hydrogens (tertiary/aromatic N) is 4. The lowest BCUT2D eigenvalue weighted by Gasteiger charge is -2.42. The molecule has 30 heavy (non-hydrogen) atoms. The summed E-state index contributed by atoms with van der Waals surface area (Å²) >= 11 is 0. The highest BCUT2D eigenvalue weighted by atomic mass is 19.4. The van der Waals surface area contributed by atoms with Crippen LogP contribution in [0.15, 0.2) is 30.5 Å². The number of hydrogen-bond donors (Lipinski definition) is 2. The van der Waals surface area contributed by atoms with E-state index in [1.165, 1.54) is 12.1 Å². The standard InChI is InChI=1S/C17H13F7N6/c18-9-1-2-10(26-5-9)15(6-25-7-15)8-27-13-3-11(16(19,20)21)28-14-4-12(17(22,23)24)29-30(13)14/h1-5,25,27H,6-8H2. The summed E-state index contributed by atoms with van der Waals surface area (Å²) in [6, 6.07) is 3.70. The molecular formula is C17H13F7N6. The average molecular weight is 434 g/mol. The Hall–Kier alpha value is -2.96. The first kappa shape index (κ1) is 20.3. The first-order valence-corrected chi connectivity index (χ1v) is 8.60. The van der Waals surface area contributed by atoms with Gasteiger partial charge in [0.15, 0.2) is 17.0 Å². The van der Waals surface area contributed by atoms with Crippen LogP contribution in [0.2, 0.25) is 0 Å². The van der Waals surface area contributed by atoms with Crippen LogP contribution < -0.4 is 10.6 Å². The second kappa shape index (κ2) is 6.79. The Morgan fingerprint density at radius 2 is 1.73 bits per heavy atom. The van der Waals surface area contributed by atoms with Crippen molar-refractivity contribution in [3.63, 3.8) is 0 Å². The summed E-state index contributed by atoms with van der Waals surface area (Å²) in [6.07, 6.45) is -8.69. The molecule has 1 aliphatic heterocycles. The Bertz CT molecular complexity index is 1070. The molecule has 4 rings (SSSR count). The second-order valence-electron chi connectivity index (χ2n) is 6.92. The summed E-state index contributed by atoms with van der Waals surface area (Å²) in [4.78, 5) is 7.28. The summed E-state index contributed by atoms with van der Waals surface area (Å²) in [5, 5.41) is 9.11. The van der Waals surface area contributed by atoms with Crippen LogP contribution >= 0.6 is 0 Å². The summed E-state index contributed by atoms with van der Waals surface area (Å²) in [7, 11) is 0. The van der Waals surface area contributed by atoms with Crippen molar-refractivity contribution >= 4 is 11.5 Å². The number of nitrogens with one attached hydrogen (secondary N) is 2. The predicted octanol–water partition coefficient (Wildman–Crippen LogP) is 3.25. The minimum absolute atomic E-state index is 0.0241. The van der Waals surface area contributed by atoms with Crippen LogP contribution in [0.1, 0.15) is 17.1 Å². The molecule has 3 aromatic heterocycles. The molecule has 1 saturated heterocycles. The zero-order chi connectivity index (χ0) is 21.7. The minimum Gasteiger partial charge on any atom is -0.369 e. The van der Waals surface area contributed by atoms with E-state index in [1.807, 2.05) is 0 Å². The topological polar surface area (TPSA) is 67.1 Å². The fourth-order valence-electron chi connectivity index (χ4n) is 3.16. The van der Waals surface area contributed by atoms with Crippen LogP contribution in [-0.2, 0) is 17.8 Å². The molecule has 0 atom stereocenters. The van der Waals surface area contributed by atoms with Gasteiger partial charge in [-0.15, -0.1) is 0 Å². The number of pyridine rings is 1. The summed E-state index contributed by atoms with van der Waals surface area (Å²) in [5.41, 5.74) is -3.50.